The highest BCUT2D eigenvalue weighted by atomic mass is 32.2. The molecule has 0 aliphatic carbocycles. The molecule has 0 spiro atoms. The second-order valence-electron chi connectivity index (χ2n) is 6.82. The predicted molar refractivity (Wildman–Crippen MR) is 111 cm³/mol. The molecule has 2 aromatic rings. The molecule has 2 aliphatic rings. The molecule has 0 bridgehead atoms. The van der Waals surface area contributed by atoms with Crippen molar-refractivity contribution >= 4 is 23.3 Å². The van der Waals surface area contributed by atoms with Crippen LogP contribution in [0.2, 0.25) is 0 Å². The van der Waals surface area contributed by atoms with Gasteiger partial charge in [0.15, 0.2) is 0 Å². The first-order chi connectivity index (χ1) is 13.3. The maximum atomic E-state index is 5.15. The zero-order chi connectivity index (χ0) is 18.5. The number of fused-ring (bicyclic) bond motifs is 1. The van der Waals surface area contributed by atoms with Gasteiger partial charge in [0.05, 0.1) is 17.5 Å². The molecule has 1 saturated heterocycles. The van der Waals surface area contributed by atoms with Gasteiger partial charge >= 0.3 is 0 Å². The van der Waals surface area contributed by atoms with Gasteiger partial charge in [0.25, 0.3) is 0 Å². The molecule has 0 radical (unpaired) electrons. The van der Waals surface area contributed by atoms with E-state index in [9.17, 15) is 0 Å². The topological polar surface area (TPSA) is 65.4 Å². The Kier molecular flexibility index (Phi) is 6.01. The predicted octanol–water partition coefficient (Wildman–Crippen LogP) is 3.17. The van der Waals surface area contributed by atoms with E-state index in [4.69, 9.17) is 4.99 Å². The quantitative estimate of drug-likeness (QED) is 0.828. The van der Waals surface area contributed by atoms with Crippen LogP contribution in [0.1, 0.15) is 31.6 Å². The molecule has 1 fully saturated rings. The van der Waals surface area contributed by atoms with Gasteiger partial charge in [0, 0.05) is 36.9 Å². The van der Waals surface area contributed by atoms with E-state index in [1.165, 1.54) is 4.90 Å². The van der Waals surface area contributed by atoms with Crippen molar-refractivity contribution in [1.82, 2.24) is 20.2 Å². The van der Waals surface area contributed by atoms with Crippen molar-refractivity contribution in [2.45, 2.75) is 36.9 Å². The van der Waals surface area contributed by atoms with Crippen LogP contribution in [-0.4, -0.2) is 52.3 Å². The number of benzene rings is 1. The van der Waals surface area contributed by atoms with Crippen molar-refractivity contribution in [2.75, 3.05) is 30.7 Å². The molecule has 1 aromatic carbocycles. The first kappa shape index (κ1) is 18.4. The van der Waals surface area contributed by atoms with E-state index in [1.807, 2.05) is 30.2 Å². The molecule has 4 rings (SSSR count). The second kappa shape index (κ2) is 8.82. The number of thioether (sulfide) groups is 1. The summed E-state index contributed by atoms with van der Waals surface area (Å²) in [5.74, 6) is 2.82. The van der Waals surface area contributed by atoms with E-state index >= 15 is 0 Å². The van der Waals surface area contributed by atoms with Gasteiger partial charge in [-0.15, -0.1) is 11.8 Å². The summed E-state index contributed by atoms with van der Waals surface area (Å²) in [6.45, 7) is 5.01. The van der Waals surface area contributed by atoms with E-state index in [2.05, 4.69) is 56.7 Å². The Labute approximate surface area is 164 Å². The third-order valence-electron chi connectivity index (χ3n) is 4.93. The van der Waals surface area contributed by atoms with Gasteiger partial charge in [0.2, 0.25) is 0 Å². The van der Waals surface area contributed by atoms with Crippen LogP contribution in [0.4, 0.5) is 5.69 Å². The van der Waals surface area contributed by atoms with Crippen molar-refractivity contribution in [3.05, 3.63) is 48.5 Å². The molecule has 27 heavy (non-hydrogen) atoms. The molecular formula is C20H26N6S. The second-order valence-corrected chi connectivity index (χ2v) is 7.84. The molecule has 2 atom stereocenters. The summed E-state index contributed by atoms with van der Waals surface area (Å²) in [4.78, 5) is 17.9. The lowest BCUT2D eigenvalue weighted by molar-refractivity contribution is 0.0985. The van der Waals surface area contributed by atoms with Crippen LogP contribution in [0.3, 0.4) is 0 Å². The number of piperazine rings is 1. The van der Waals surface area contributed by atoms with Crippen molar-refractivity contribution in [2.24, 2.45) is 4.99 Å². The average Bonchev–Trinajstić information content (AvgIpc) is 2.74. The van der Waals surface area contributed by atoms with Crippen molar-refractivity contribution in [3.63, 3.8) is 0 Å². The molecule has 3 heterocycles. The van der Waals surface area contributed by atoms with Gasteiger partial charge in [-0.25, -0.2) is 9.97 Å². The lowest BCUT2D eigenvalue weighted by Gasteiger charge is -2.39. The minimum Gasteiger partial charge on any atom is -0.342 e. The summed E-state index contributed by atoms with van der Waals surface area (Å²) in [6.07, 6.45) is 5.91. The van der Waals surface area contributed by atoms with Crippen LogP contribution in [0.5, 0.6) is 0 Å². The van der Waals surface area contributed by atoms with Crippen LogP contribution >= 0.6 is 11.8 Å². The van der Waals surface area contributed by atoms with Crippen LogP contribution in [-0.2, 0) is 0 Å². The zero-order valence-corrected chi connectivity index (χ0v) is 16.5. The Hall–Kier alpha value is -1.96. The van der Waals surface area contributed by atoms with E-state index in [0.717, 1.165) is 55.6 Å². The Morgan fingerprint density at radius 3 is 2.96 bits per heavy atom. The largest absolute Gasteiger partial charge is 0.342 e. The van der Waals surface area contributed by atoms with Gasteiger partial charge in [-0.05, 0) is 24.6 Å². The normalized spacial score (nSPS) is 22.9. The molecular weight excluding hydrogens is 356 g/mol. The summed E-state index contributed by atoms with van der Waals surface area (Å²) < 4.78 is 0. The molecule has 2 N–H and O–H groups in total. The molecule has 142 valence electrons. The zero-order valence-electron chi connectivity index (χ0n) is 15.6. The summed E-state index contributed by atoms with van der Waals surface area (Å²) in [6, 6.07) is 10.5. The Bertz CT molecular complexity index is 781. The highest BCUT2D eigenvalue weighted by Crippen LogP contribution is 2.32. The standard InChI is InChI=1S/C20H26N6S/c1-2-6-19(25-18-14-27-17-8-4-3-7-15(17)24-18)26-12-11-21-13-16(26)20-22-9-5-10-23-20/h3-5,7-10,16,19,21H,2,6,11-14H2,1H3,(H,24,25). The van der Waals surface area contributed by atoms with Crippen LogP contribution < -0.4 is 10.6 Å². The number of aliphatic imine (C=N–C) groups is 1. The van der Waals surface area contributed by atoms with Crippen LogP contribution in [0.25, 0.3) is 0 Å². The smallest absolute Gasteiger partial charge is 0.146 e. The Morgan fingerprint density at radius 2 is 2.11 bits per heavy atom. The van der Waals surface area contributed by atoms with E-state index in [0.29, 0.717) is 0 Å². The number of aromatic nitrogens is 2. The molecule has 6 nitrogen and oxygen atoms in total. The number of hydrogen-bond acceptors (Lipinski definition) is 6. The fourth-order valence-corrected chi connectivity index (χ4v) is 4.53. The minimum atomic E-state index is 0.138. The van der Waals surface area contributed by atoms with Crippen molar-refractivity contribution < 1.29 is 0 Å². The third-order valence-corrected chi connectivity index (χ3v) is 6.02. The van der Waals surface area contributed by atoms with Gasteiger partial charge in [-0.3, -0.25) is 9.89 Å². The minimum absolute atomic E-state index is 0.138. The fraction of sp³-hybridized carbons (Fsp3) is 0.450. The van der Waals surface area contributed by atoms with Crippen LogP contribution in [0, 0.1) is 0 Å². The molecule has 2 aliphatic heterocycles. The number of nitrogens with zero attached hydrogens (tertiary/aromatic N) is 4. The lowest BCUT2D eigenvalue weighted by Crippen LogP contribution is -2.51. The summed E-state index contributed by atoms with van der Waals surface area (Å²) in [7, 11) is 0. The van der Waals surface area contributed by atoms with Crippen LogP contribution in [0.15, 0.2) is 52.6 Å². The number of hydrogen-bond donors (Lipinski definition) is 2. The van der Waals surface area contributed by atoms with Gasteiger partial charge in [0.1, 0.15) is 17.8 Å². The summed E-state index contributed by atoms with van der Waals surface area (Å²) in [5, 5.41) is 7.02. The molecule has 1 aromatic heterocycles. The first-order valence-electron chi connectivity index (χ1n) is 9.64. The van der Waals surface area contributed by atoms with Gasteiger partial charge < -0.3 is 10.6 Å². The van der Waals surface area contributed by atoms with E-state index in [1.54, 1.807) is 0 Å². The fourth-order valence-electron chi connectivity index (χ4n) is 3.64. The van der Waals surface area contributed by atoms with Gasteiger partial charge in [-0.2, -0.15) is 0 Å². The Morgan fingerprint density at radius 1 is 1.26 bits per heavy atom. The molecule has 2 unspecified atom stereocenters. The highest BCUT2D eigenvalue weighted by Gasteiger charge is 2.31. The van der Waals surface area contributed by atoms with E-state index in [-0.39, 0.29) is 12.2 Å². The van der Waals surface area contributed by atoms with E-state index < -0.39 is 0 Å². The van der Waals surface area contributed by atoms with Gasteiger partial charge in [-0.1, -0.05) is 25.5 Å². The third kappa shape index (κ3) is 4.31. The van der Waals surface area contributed by atoms with Crippen molar-refractivity contribution in [3.8, 4) is 0 Å². The maximum Gasteiger partial charge on any atom is 0.146 e. The monoisotopic (exact) mass is 382 g/mol. The Balaban J connectivity index is 1.58. The first-order valence-corrected chi connectivity index (χ1v) is 10.6. The average molecular weight is 383 g/mol. The number of nitrogens with one attached hydrogen (secondary N) is 2. The maximum absolute atomic E-state index is 5.15. The van der Waals surface area contributed by atoms with Crippen molar-refractivity contribution in [1.29, 1.82) is 0 Å². The number of para-hydroxylation sites is 1. The number of anilines is 1. The SMILES string of the molecule is CCCC(N=C1CSc2ccccc2N1)N1CCNCC1c1ncccn1. The number of rotatable bonds is 5. The summed E-state index contributed by atoms with van der Waals surface area (Å²) in [5.41, 5.74) is 1.16. The molecule has 7 heteroatoms. The molecule has 0 saturated carbocycles. The number of amidine groups is 1. The summed E-state index contributed by atoms with van der Waals surface area (Å²) >= 11 is 1.85. The lowest BCUT2D eigenvalue weighted by atomic mass is 10.1. The molecule has 0 amide bonds. The highest BCUT2D eigenvalue weighted by molar-refractivity contribution is 8.00.